The molecule has 0 spiro atoms. The molecular weight excluding hydrogens is 252 g/mol. The van der Waals surface area contributed by atoms with Crippen molar-refractivity contribution >= 4 is 34.8 Å². The van der Waals surface area contributed by atoms with Crippen molar-refractivity contribution in [1.29, 1.82) is 0 Å². The fourth-order valence-corrected chi connectivity index (χ4v) is 1.91. The normalized spacial score (nSPS) is 10.3. The summed E-state index contributed by atoms with van der Waals surface area (Å²) >= 11 is 17.7. The Morgan fingerprint density at radius 2 is 1.60 bits per heavy atom. The average Bonchev–Trinajstić information content (AvgIpc) is 2.17. The van der Waals surface area contributed by atoms with Crippen LogP contribution in [0.2, 0.25) is 15.1 Å². The number of hydrogen-bond donors (Lipinski definition) is 0. The van der Waals surface area contributed by atoms with Gasteiger partial charge in [0.25, 0.3) is 0 Å². The van der Waals surface area contributed by atoms with Crippen molar-refractivity contribution in [3.63, 3.8) is 0 Å². The van der Waals surface area contributed by atoms with E-state index < -0.39 is 0 Å². The number of pyridine rings is 1. The zero-order chi connectivity index (χ0) is 10.8. The third-order valence-electron chi connectivity index (χ3n) is 1.93. The second-order valence-electron chi connectivity index (χ2n) is 2.98. The summed E-state index contributed by atoms with van der Waals surface area (Å²) in [6, 6.07) is 8.75. The molecule has 4 heteroatoms. The first kappa shape index (κ1) is 10.7. The van der Waals surface area contributed by atoms with Gasteiger partial charge >= 0.3 is 0 Å². The number of nitrogens with zero attached hydrogens (tertiary/aromatic N) is 1. The van der Waals surface area contributed by atoms with E-state index in [2.05, 4.69) is 4.98 Å². The molecule has 0 atom stereocenters. The van der Waals surface area contributed by atoms with Crippen LogP contribution in [0.25, 0.3) is 11.3 Å². The summed E-state index contributed by atoms with van der Waals surface area (Å²) in [5, 5.41) is 1.80. The van der Waals surface area contributed by atoms with Gasteiger partial charge in [0.2, 0.25) is 0 Å². The van der Waals surface area contributed by atoms with Gasteiger partial charge in [0.05, 0.1) is 10.7 Å². The first-order chi connectivity index (χ1) is 7.16. The molecule has 0 bridgehead atoms. The zero-order valence-corrected chi connectivity index (χ0v) is 9.81. The molecule has 1 aromatic carbocycles. The molecule has 0 aliphatic carbocycles. The van der Waals surface area contributed by atoms with Crippen molar-refractivity contribution in [2.75, 3.05) is 0 Å². The topological polar surface area (TPSA) is 12.9 Å². The van der Waals surface area contributed by atoms with E-state index in [0.717, 1.165) is 11.3 Å². The monoisotopic (exact) mass is 257 g/mol. The van der Waals surface area contributed by atoms with Crippen molar-refractivity contribution in [3.05, 3.63) is 51.6 Å². The Morgan fingerprint density at radius 3 is 2.27 bits per heavy atom. The van der Waals surface area contributed by atoms with Crippen molar-refractivity contribution in [2.45, 2.75) is 0 Å². The molecule has 0 saturated carbocycles. The van der Waals surface area contributed by atoms with Gasteiger partial charge in [-0.2, -0.15) is 0 Å². The van der Waals surface area contributed by atoms with E-state index in [-0.39, 0.29) is 0 Å². The highest BCUT2D eigenvalue weighted by molar-refractivity contribution is 6.36. The fourth-order valence-electron chi connectivity index (χ4n) is 1.25. The molecule has 0 aliphatic heterocycles. The SMILES string of the molecule is Clc1ccnc(-c2ccc(Cl)cc2Cl)c1. The van der Waals surface area contributed by atoms with Crippen LogP contribution in [0.5, 0.6) is 0 Å². The first-order valence-electron chi connectivity index (χ1n) is 4.24. The lowest BCUT2D eigenvalue weighted by Gasteiger charge is -2.04. The Hall–Kier alpha value is -0.760. The third kappa shape index (κ3) is 2.43. The molecule has 0 N–H and O–H groups in total. The van der Waals surface area contributed by atoms with Gasteiger partial charge < -0.3 is 0 Å². The quantitative estimate of drug-likeness (QED) is 0.722. The molecule has 0 fully saturated rings. The zero-order valence-electron chi connectivity index (χ0n) is 7.55. The third-order valence-corrected chi connectivity index (χ3v) is 2.71. The molecular formula is C11H6Cl3N. The van der Waals surface area contributed by atoms with E-state index in [1.54, 1.807) is 30.5 Å². The van der Waals surface area contributed by atoms with E-state index in [9.17, 15) is 0 Å². The average molecular weight is 259 g/mol. The van der Waals surface area contributed by atoms with E-state index in [4.69, 9.17) is 34.8 Å². The minimum atomic E-state index is 0.567. The largest absolute Gasteiger partial charge is 0.256 e. The summed E-state index contributed by atoms with van der Waals surface area (Å²) in [6.45, 7) is 0. The number of halogens is 3. The summed E-state index contributed by atoms with van der Waals surface area (Å²) in [5.74, 6) is 0. The van der Waals surface area contributed by atoms with Crippen LogP contribution in [0.3, 0.4) is 0 Å². The van der Waals surface area contributed by atoms with Crippen LogP contribution < -0.4 is 0 Å². The predicted octanol–water partition coefficient (Wildman–Crippen LogP) is 4.71. The number of benzene rings is 1. The molecule has 2 aromatic rings. The molecule has 0 aliphatic rings. The second-order valence-corrected chi connectivity index (χ2v) is 4.26. The summed E-state index contributed by atoms with van der Waals surface area (Å²) in [6.07, 6.45) is 1.64. The van der Waals surface area contributed by atoms with Gasteiger partial charge in [-0.25, -0.2) is 0 Å². The Labute approximate surface area is 103 Å². The summed E-state index contributed by atoms with van der Waals surface area (Å²) < 4.78 is 0. The Kier molecular flexibility index (Phi) is 3.15. The highest BCUT2D eigenvalue weighted by Gasteiger charge is 2.05. The van der Waals surface area contributed by atoms with Crippen LogP contribution in [-0.2, 0) is 0 Å². The molecule has 1 nitrogen and oxygen atoms in total. The number of hydrogen-bond acceptors (Lipinski definition) is 1. The van der Waals surface area contributed by atoms with E-state index >= 15 is 0 Å². The smallest absolute Gasteiger partial charge is 0.0731 e. The van der Waals surface area contributed by atoms with Crippen LogP contribution in [0, 0.1) is 0 Å². The molecule has 0 unspecified atom stereocenters. The highest BCUT2D eigenvalue weighted by atomic mass is 35.5. The Balaban J connectivity index is 2.54. The molecule has 0 radical (unpaired) electrons. The van der Waals surface area contributed by atoms with Gasteiger partial charge in [0.1, 0.15) is 0 Å². The highest BCUT2D eigenvalue weighted by Crippen LogP contribution is 2.29. The van der Waals surface area contributed by atoms with Crippen molar-refractivity contribution in [3.8, 4) is 11.3 Å². The molecule has 76 valence electrons. The second kappa shape index (κ2) is 4.40. The Bertz CT molecular complexity index is 497. The molecule has 15 heavy (non-hydrogen) atoms. The van der Waals surface area contributed by atoms with Gasteiger partial charge in [-0.05, 0) is 30.3 Å². The lowest BCUT2D eigenvalue weighted by Crippen LogP contribution is -1.83. The maximum absolute atomic E-state index is 6.05. The lowest BCUT2D eigenvalue weighted by molar-refractivity contribution is 1.33. The predicted molar refractivity (Wildman–Crippen MR) is 64.7 cm³/mol. The van der Waals surface area contributed by atoms with Gasteiger partial charge in [-0.3, -0.25) is 4.98 Å². The minimum absolute atomic E-state index is 0.567. The standard InChI is InChI=1S/C11H6Cl3N/c12-7-1-2-9(10(14)5-7)11-6-8(13)3-4-15-11/h1-6H. The van der Waals surface area contributed by atoms with E-state index in [1.807, 2.05) is 6.07 Å². The molecule has 0 amide bonds. The Morgan fingerprint density at radius 1 is 0.867 bits per heavy atom. The number of rotatable bonds is 1. The van der Waals surface area contributed by atoms with Crippen molar-refractivity contribution in [2.24, 2.45) is 0 Å². The number of aromatic nitrogens is 1. The minimum Gasteiger partial charge on any atom is -0.256 e. The summed E-state index contributed by atoms with van der Waals surface area (Å²) in [4.78, 5) is 4.19. The van der Waals surface area contributed by atoms with Gasteiger partial charge in [0.15, 0.2) is 0 Å². The lowest BCUT2D eigenvalue weighted by atomic mass is 10.1. The van der Waals surface area contributed by atoms with Crippen LogP contribution in [0.15, 0.2) is 36.5 Å². The first-order valence-corrected chi connectivity index (χ1v) is 5.37. The maximum Gasteiger partial charge on any atom is 0.0731 e. The van der Waals surface area contributed by atoms with Crippen LogP contribution in [0.1, 0.15) is 0 Å². The molecule has 0 saturated heterocycles. The van der Waals surface area contributed by atoms with E-state index in [1.165, 1.54) is 0 Å². The van der Waals surface area contributed by atoms with Gasteiger partial charge in [0, 0.05) is 21.8 Å². The maximum atomic E-state index is 6.05. The van der Waals surface area contributed by atoms with Crippen molar-refractivity contribution in [1.82, 2.24) is 4.98 Å². The fraction of sp³-hybridized carbons (Fsp3) is 0. The van der Waals surface area contributed by atoms with Crippen LogP contribution in [0.4, 0.5) is 0 Å². The molecule has 1 heterocycles. The summed E-state index contributed by atoms with van der Waals surface area (Å²) in [7, 11) is 0. The van der Waals surface area contributed by atoms with Crippen LogP contribution >= 0.6 is 34.8 Å². The van der Waals surface area contributed by atoms with E-state index in [0.29, 0.717) is 15.1 Å². The van der Waals surface area contributed by atoms with Gasteiger partial charge in [-0.15, -0.1) is 0 Å². The summed E-state index contributed by atoms with van der Waals surface area (Å²) in [5.41, 5.74) is 1.56. The molecule has 1 aromatic heterocycles. The molecule has 2 rings (SSSR count). The van der Waals surface area contributed by atoms with Gasteiger partial charge in [-0.1, -0.05) is 34.8 Å². The van der Waals surface area contributed by atoms with Crippen LogP contribution in [-0.4, -0.2) is 4.98 Å². The van der Waals surface area contributed by atoms with Crippen molar-refractivity contribution < 1.29 is 0 Å².